The Morgan fingerprint density at radius 2 is 1.91 bits per heavy atom. The summed E-state index contributed by atoms with van der Waals surface area (Å²) >= 11 is 0. The second-order valence-corrected chi connectivity index (χ2v) is 5.57. The molecule has 0 bridgehead atoms. The molecule has 1 saturated carbocycles. The number of alkyl halides is 3. The molecule has 1 fully saturated rings. The Morgan fingerprint density at radius 1 is 1.26 bits per heavy atom. The molecule has 0 aromatic heterocycles. The highest BCUT2D eigenvalue weighted by Crippen LogP contribution is 2.24. The zero-order valence-electron chi connectivity index (χ0n) is 12.4. The van der Waals surface area contributed by atoms with Crippen LogP contribution in [0.15, 0.2) is 24.3 Å². The minimum atomic E-state index is -4.73. The Labute approximate surface area is 139 Å². The summed E-state index contributed by atoms with van der Waals surface area (Å²) in [5.41, 5.74) is 6.19. The van der Waals surface area contributed by atoms with E-state index in [1.54, 1.807) is 0 Å². The van der Waals surface area contributed by atoms with Crippen LogP contribution in [0, 0.1) is 5.92 Å². The Hall–Kier alpha value is -1.47. The highest BCUT2D eigenvalue weighted by atomic mass is 35.5. The van der Waals surface area contributed by atoms with Gasteiger partial charge in [0.05, 0.1) is 0 Å². The number of nitrogens with two attached hydrogens (primary N) is 1. The number of hydrogen-bond acceptors (Lipinski definition) is 3. The van der Waals surface area contributed by atoms with E-state index in [2.05, 4.69) is 10.1 Å². The Kier molecular flexibility index (Phi) is 7.15. The van der Waals surface area contributed by atoms with Gasteiger partial charge in [-0.1, -0.05) is 6.42 Å². The summed E-state index contributed by atoms with van der Waals surface area (Å²) in [6.45, 7) is 0.535. The molecule has 0 aliphatic heterocycles. The number of ether oxygens (including phenoxy) is 1. The third kappa shape index (κ3) is 6.66. The number of carbonyl (C=O) groups is 1. The Morgan fingerprint density at radius 3 is 2.48 bits per heavy atom. The van der Waals surface area contributed by atoms with Crippen molar-refractivity contribution >= 4 is 18.3 Å². The van der Waals surface area contributed by atoms with Crippen LogP contribution in [0.25, 0.3) is 0 Å². The normalized spacial score (nSPS) is 21.2. The quantitative estimate of drug-likeness (QED) is 0.874. The molecule has 1 aliphatic carbocycles. The number of amides is 1. The van der Waals surface area contributed by atoms with Gasteiger partial charge in [-0.25, -0.2) is 0 Å². The maximum absolute atomic E-state index is 12.0. The van der Waals surface area contributed by atoms with Crippen LogP contribution < -0.4 is 15.8 Å². The molecule has 8 heteroatoms. The predicted molar refractivity (Wildman–Crippen MR) is 82.6 cm³/mol. The minimum absolute atomic E-state index is 0. The van der Waals surface area contributed by atoms with Crippen LogP contribution in [0.2, 0.25) is 0 Å². The molecule has 3 N–H and O–H groups in total. The molecule has 4 nitrogen and oxygen atoms in total. The zero-order valence-corrected chi connectivity index (χ0v) is 13.3. The summed E-state index contributed by atoms with van der Waals surface area (Å²) in [6, 6.07) is 5.05. The molecule has 1 aliphatic rings. The van der Waals surface area contributed by atoms with Crippen molar-refractivity contribution in [3.8, 4) is 5.75 Å². The van der Waals surface area contributed by atoms with Crippen LogP contribution in [0.4, 0.5) is 13.2 Å². The van der Waals surface area contributed by atoms with Gasteiger partial charge in [0.2, 0.25) is 0 Å². The number of benzene rings is 1. The van der Waals surface area contributed by atoms with Gasteiger partial charge >= 0.3 is 6.36 Å². The van der Waals surface area contributed by atoms with E-state index in [-0.39, 0.29) is 30.1 Å². The largest absolute Gasteiger partial charge is 0.573 e. The van der Waals surface area contributed by atoms with E-state index in [0.717, 1.165) is 37.8 Å². The van der Waals surface area contributed by atoms with Gasteiger partial charge in [-0.3, -0.25) is 4.79 Å². The fourth-order valence-electron chi connectivity index (χ4n) is 2.67. The highest BCUT2D eigenvalue weighted by molar-refractivity contribution is 5.94. The Bertz CT molecular complexity index is 508. The van der Waals surface area contributed by atoms with Crippen LogP contribution in [0.3, 0.4) is 0 Å². The topological polar surface area (TPSA) is 64.3 Å². The predicted octanol–water partition coefficient (Wildman–Crippen LogP) is 3.25. The standard InChI is InChI=1S/C15H19F3N2O2.ClH/c16-15(17,18)22-13-6-4-11(5-7-13)14(21)20-9-10-2-1-3-12(19)8-10;/h4-7,10,12H,1-3,8-9,19H2,(H,20,21);1H. The highest BCUT2D eigenvalue weighted by Gasteiger charge is 2.31. The van der Waals surface area contributed by atoms with E-state index in [0.29, 0.717) is 18.0 Å². The van der Waals surface area contributed by atoms with E-state index in [1.807, 2.05) is 0 Å². The molecular weight excluding hydrogens is 333 g/mol. The van der Waals surface area contributed by atoms with Crippen molar-refractivity contribution in [2.45, 2.75) is 38.1 Å². The SMILES string of the molecule is Cl.NC1CCCC(CNC(=O)c2ccc(OC(F)(F)F)cc2)C1. The second-order valence-electron chi connectivity index (χ2n) is 5.57. The van der Waals surface area contributed by atoms with Gasteiger partial charge in [-0.2, -0.15) is 0 Å². The van der Waals surface area contributed by atoms with Gasteiger partial charge in [0.15, 0.2) is 0 Å². The molecule has 1 aromatic carbocycles. The molecular formula is C15H20ClF3N2O2. The summed E-state index contributed by atoms with van der Waals surface area (Å²) in [6.07, 6.45) is -0.731. The lowest BCUT2D eigenvalue weighted by atomic mass is 9.86. The maximum Gasteiger partial charge on any atom is 0.573 e. The summed E-state index contributed by atoms with van der Waals surface area (Å²) in [7, 11) is 0. The first-order chi connectivity index (χ1) is 10.3. The van der Waals surface area contributed by atoms with Gasteiger partial charge in [0.1, 0.15) is 5.75 Å². The summed E-state index contributed by atoms with van der Waals surface area (Å²) < 4.78 is 39.9. The number of hydrogen-bond donors (Lipinski definition) is 2. The van der Waals surface area contributed by atoms with Crippen molar-refractivity contribution in [1.82, 2.24) is 5.32 Å². The van der Waals surface area contributed by atoms with E-state index >= 15 is 0 Å². The average molecular weight is 353 g/mol. The fraction of sp³-hybridized carbons (Fsp3) is 0.533. The number of halogens is 4. The third-order valence-corrected chi connectivity index (χ3v) is 3.72. The van der Waals surface area contributed by atoms with Crippen molar-refractivity contribution in [3.63, 3.8) is 0 Å². The molecule has 2 unspecified atom stereocenters. The fourth-order valence-corrected chi connectivity index (χ4v) is 2.67. The van der Waals surface area contributed by atoms with E-state index < -0.39 is 6.36 Å². The summed E-state index contributed by atoms with van der Waals surface area (Å²) in [4.78, 5) is 12.0. The van der Waals surface area contributed by atoms with Crippen LogP contribution >= 0.6 is 12.4 Å². The van der Waals surface area contributed by atoms with E-state index in [1.165, 1.54) is 12.1 Å². The van der Waals surface area contributed by atoms with E-state index in [4.69, 9.17) is 5.73 Å². The van der Waals surface area contributed by atoms with Crippen molar-refractivity contribution in [1.29, 1.82) is 0 Å². The van der Waals surface area contributed by atoms with E-state index in [9.17, 15) is 18.0 Å². The maximum atomic E-state index is 12.0. The molecule has 0 radical (unpaired) electrons. The van der Waals surface area contributed by atoms with Crippen LogP contribution in [0.1, 0.15) is 36.0 Å². The molecule has 0 saturated heterocycles. The molecule has 1 aromatic rings. The van der Waals surface area contributed by atoms with Crippen molar-refractivity contribution in [2.24, 2.45) is 11.7 Å². The van der Waals surface area contributed by atoms with Crippen LogP contribution in [0.5, 0.6) is 5.75 Å². The molecule has 1 amide bonds. The number of nitrogens with one attached hydrogen (secondary N) is 1. The lowest BCUT2D eigenvalue weighted by Crippen LogP contribution is -2.35. The lowest BCUT2D eigenvalue weighted by molar-refractivity contribution is -0.274. The first-order valence-electron chi connectivity index (χ1n) is 7.23. The van der Waals surface area contributed by atoms with Crippen LogP contribution in [-0.2, 0) is 0 Å². The van der Waals surface area contributed by atoms with Gasteiger partial charge < -0.3 is 15.8 Å². The first kappa shape index (κ1) is 19.6. The van der Waals surface area contributed by atoms with Crippen molar-refractivity contribution in [3.05, 3.63) is 29.8 Å². The molecule has 2 rings (SSSR count). The minimum Gasteiger partial charge on any atom is -0.406 e. The molecule has 0 heterocycles. The van der Waals surface area contributed by atoms with Gasteiger partial charge in [-0.05, 0) is 49.4 Å². The molecule has 130 valence electrons. The Balaban J connectivity index is 0.00000264. The smallest absolute Gasteiger partial charge is 0.406 e. The van der Waals surface area contributed by atoms with Crippen molar-refractivity contribution < 1.29 is 22.7 Å². The molecule has 0 spiro atoms. The van der Waals surface area contributed by atoms with Gasteiger partial charge in [0, 0.05) is 18.2 Å². The van der Waals surface area contributed by atoms with Crippen molar-refractivity contribution in [2.75, 3.05) is 6.54 Å². The monoisotopic (exact) mass is 352 g/mol. The molecule has 23 heavy (non-hydrogen) atoms. The summed E-state index contributed by atoms with van der Waals surface area (Å²) in [5.74, 6) is -0.291. The average Bonchev–Trinajstić information content (AvgIpc) is 2.44. The lowest BCUT2D eigenvalue weighted by Gasteiger charge is -2.26. The summed E-state index contributed by atoms with van der Waals surface area (Å²) in [5, 5.41) is 2.80. The zero-order chi connectivity index (χ0) is 16.2. The van der Waals surface area contributed by atoms with Gasteiger partial charge in [-0.15, -0.1) is 25.6 Å². The number of carbonyl (C=O) groups excluding carboxylic acids is 1. The second kappa shape index (κ2) is 8.40. The first-order valence-corrected chi connectivity index (χ1v) is 7.23. The molecule has 2 atom stereocenters. The number of rotatable bonds is 4. The third-order valence-electron chi connectivity index (χ3n) is 3.72. The van der Waals surface area contributed by atoms with Crippen LogP contribution in [-0.4, -0.2) is 24.9 Å². The van der Waals surface area contributed by atoms with Gasteiger partial charge in [0.25, 0.3) is 5.91 Å².